The van der Waals surface area contributed by atoms with Crippen LogP contribution in [0.1, 0.15) is 40.0 Å². The first-order valence-electron chi connectivity index (χ1n) is 6.51. The molecule has 0 aromatic rings. The lowest BCUT2D eigenvalue weighted by Crippen LogP contribution is -2.51. The van der Waals surface area contributed by atoms with Crippen molar-refractivity contribution in [1.82, 2.24) is 5.32 Å². The van der Waals surface area contributed by atoms with Crippen LogP contribution < -0.4 is 5.32 Å². The number of hydrogen-bond donors (Lipinski definition) is 1. The number of rotatable bonds is 1. The highest BCUT2D eigenvalue weighted by molar-refractivity contribution is 5.81. The van der Waals surface area contributed by atoms with Crippen LogP contribution in [0.15, 0.2) is 0 Å². The Kier molecular flexibility index (Phi) is 3.73. The molecule has 0 unspecified atom stereocenters. The molecular formula is C13H23NO3. The van der Waals surface area contributed by atoms with Gasteiger partial charge in [0, 0.05) is 11.5 Å². The minimum atomic E-state index is -0.319. The van der Waals surface area contributed by atoms with E-state index in [4.69, 9.17) is 9.47 Å². The van der Waals surface area contributed by atoms with E-state index in [9.17, 15) is 4.79 Å². The first kappa shape index (κ1) is 12.8. The molecule has 0 spiro atoms. The van der Waals surface area contributed by atoms with Gasteiger partial charge in [-0.3, -0.25) is 4.79 Å². The van der Waals surface area contributed by atoms with Crippen molar-refractivity contribution in [3.63, 3.8) is 0 Å². The Morgan fingerprint density at radius 3 is 2.41 bits per heavy atom. The van der Waals surface area contributed by atoms with Gasteiger partial charge in [-0.05, 0) is 19.3 Å². The van der Waals surface area contributed by atoms with E-state index in [2.05, 4.69) is 5.32 Å². The molecule has 1 amide bonds. The summed E-state index contributed by atoms with van der Waals surface area (Å²) in [6.07, 6.45) is 3.27. The van der Waals surface area contributed by atoms with Crippen LogP contribution in [0.3, 0.4) is 0 Å². The van der Waals surface area contributed by atoms with E-state index < -0.39 is 0 Å². The summed E-state index contributed by atoms with van der Waals surface area (Å²) in [6, 6.07) is 0.240. The lowest BCUT2D eigenvalue weighted by Gasteiger charge is -2.39. The SMILES string of the molecule is CC(C)(C)C(=O)N[C@@H]1CC[C@@H]2OCCO[C@H]2C1. The van der Waals surface area contributed by atoms with E-state index in [0.29, 0.717) is 13.2 Å². The maximum atomic E-state index is 11.9. The maximum absolute atomic E-state index is 11.9. The van der Waals surface area contributed by atoms with E-state index >= 15 is 0 Å². The van der Waals surface area contributed by atoms with Crippen molar-refractivity contribution >= 4 is 5.91 Å². The molecule has 0 radical (unpaired) electrons. The number of hydrogen-bond acceptors (Lipinski definition) is 3. The van der Waals surface area contributed by atoms with Gasteiger partial charge in [0.2, 0.25) is 5.91 Å². The third kappa shape index (κ3) is 3.19. The highest BCUT2D eigenvalue weighted by Crippen LogP contribution is 2.27. The summed E-state index contributed by atoms with van der Waals surface area (Å²) in [7, 11) is 0. The molecule has 4 heteroatoms. The van der Waals surface area contributed by atoms with Gasteiger partial charge in [-0.25, -0.2) is 0 Å². The molecule has 2 rings (SSSR count). The summed E-state index contributed by atoms with van der Waals surface area (Å²) in [5, 5.41) is 3.12. The van der Waals surface area contributed by atoms with Crippen LogP contribution in [0.4, 0.5) is 0 Å². The Hall–Kier alpha value is -0.610. The van der Waals surface area contributed by atoms with Crippen LogP contribution in [0.25, 0.3) is 0 Å². The zero-order valence-electron chi connectivity index (χ0n) is 11.0. The van der Waals surface area contributed by atoms with Crippen LogP contribution in [-0.4, -0.2) is 37.4 Å². The van der Waals surface area contributed by atoms with Crippen LogP contribution in [0.2, 0.25) is 0 Å². The fraction of sp³-hybridized carbons (Fsp3) is 0.923. The third-order valence-corrected chi connectivity index (χ3v) is 3.49. The molecule has 0 bridgehead atoms. The van der Waals surface area contributed by atoms with Crippen molar-refractivity contribution in [2.45, 2.75) is 58.3 Å². The molecule has 17 heavy (non-hydrogen) atoms. The van der Waals surface area contributed by atoms with E-state index in [-0.39, 0.29) is 29.6 Å². The first-order chi connectivity index (χ1) is 7.97. The molecule has 4 nitrogen and oxygen atoms in total. The van der Waals surface area contributed by atoms with Gasteiger partial charge in [0.05, 0.1) is 25.4 Å². The highest BCUT2D eigenvalue weighted by Gasteiger charge is 2.35. The quantitative estimate of drug-likeness (QED) is 0.756. The second-order valence-corrected chi connectivity index (χ2v) is 6.05. The standard InChI is InChI=1S/C13H23NO3/c1-13(2,3)12(15)14-9-4-5-10-11(8-9)17-7-6-16-10/h9-11H,4-8H2,1-3H3,(H,14,15)/t9-,10+,11+/m1/s1. The molecule has 1 N–H and O–H groups in total. The molecule has 2 fully saturated rings. The normalized spacial score (nSPS) is 33.9. The van der Waals surface area contributed by atoms with Gasteiger partial charge in [-0.15, -0.1) is 0 Å². The van der Waals surface area contributed by atoms with Gasteiger partial charge < -0.3 is 14.8 Å². The average molecular weight is 241 g/mol. The van der Waals surface area contributed by atoms with Gasteiger partial charge in [0.15, 0.2) is 0 Å². The minimum absolute atomic E-state index is 0.123. The Labute approximate surface area is 103 Å². The summed E-state index contributed by atoms with van der Waals surface area (Å²) in [5.74, 6) is 0.123. The monoisotopic (exact) mass is 241 g/mol. The number of amides is 1. The van der Waals surface area contributed by atoms with Crippen molar-refractivity contribution in [3.05, 3.63) is 0 Å². The van der Waals surface area contributed by atoms with Crippen LogP contribution in [0, 0.1) is 5.41 Å². The van der Waals surface area contributed by atoms with Crippen LogP contribution in [-0.2, 0) is 14.3 Å². The van der Waals surface area contributed by atoms with Crippen molar-refractivity contribution < 1.29 is 14.3 Å². The molecule has 3 atom stereocenters. The Bertz CT molecular complexity index is 285. The predicted molar refractivity (Wildman–Crippen MR) is 64.7 cm³/mol. The third-order valence-electron chi connectivity index (χ3n) is 3.49. The van der Waals surface area contributed by atoms with Gasteiger partial charge >= 0.3 is 0 Å². The van der Waals surface area contributed by atoms with E-state index in [1.165, 1.54) is 0 Å². The average Bonchev–Trinajstić information content (AvgIpc) is 2.27. The Balaban J connectivity index is 1.86. The summed E-state index contributed by atoms with van der Waals surface area (Å²) < 4.78 is 11.4. The fourth-order valence-corrected chi connectivity index (χ4v) is 2.40. The van der Waals surface area contributed by atoms with Gasteiger partial charge in [0.1, 0.15) is 0 Å². The van der Waals surface area contributed by atoms with Crippen molar-refractivity contribution in [1.29, 1.82) is 0 Å². The highest BCUT2D eigenvalue weighted by atomic mass is 16.6. The Morgan fingerprint density at radius 1 is 1.12 bits per heavy atom. The fourth-order valence-electron chi connectivity index (χ4n) is 2.40. The zero-order chi connectivity index (χ0) is 12.5. The number of carbonyl (C=O) groups is 1. The van der Waals surface area contributed by atoms with Gasteiger partial charge in [0.25, 0.3) is 0 Å². The van der Waals surface area contributed by atoms with Crippen molar-refractivity contribution in [2.24, 2.45) is 5.41 Å². The lowest BCUT2D eigenvalue weighted by atomic mass is 9.88. The molecule has 1 saturated heterocycles. The minimum Gasteiger partial charge on any atom is -0.373 e. The molecule has 1 aliphatic carbocycles. The predicted octanol–water partition coefficient (Wildman–Crippen LogP) is 1.49. The molecule has 2 aliphatic rings. The first-order valence-corrected chi connectivity index (χ1v) is 6.51. The maximum Gasteiger partial charge on any atom is 0.225 e. The number of nitrogens with one attached hydrogen (secondary N) is 1. The van der Waals surface area contributed by atoms with Gasteiger partial charge in [-0.2, -0.15) is 0 Å². The van der Waals surface area contributed by atoms with E-state index in [0.717, 1.165) is 19.3 Å². The summed E-state index contributed by atoms with van der Waals surface area (Å²) in [5.41, 5.74) is -0.319. The molecule has 1 aliphatic heterocycles. The molecule has 1 heterocycles. The molecule has 0 aromatic heterocycles. The summed E-state index contributed by atoms with van der Waals surface area (Å²) in [6.45, 7) is 7.21. The van der Waals surface area contributed by atoms with Crippen molar-refractivity contribution in [2.75, 3.05) is 13.2 Å². The van der Waals surface area contributed by atoms with E-state index in [1.54, 1.807) is 0 Å². The zero-order valence-corrected chi connectivity index (χ0v) is 11.0. The summed E-state index contributed by atoms with van der Waals surface area (Å²) in [4.78, 5) is 11.9. The lowest BCUT2D eigenvalue weighted by molar-refractivity contribution is -0.159. The van der Waals surface area contributed by atoms with Gasteiger partial charge in [-0.1, -0.05) is 20.8 Å². The molecule has 1 saturated carbocycles. The number of fused-ring (bicyclic) bond motifs is 1. The number of ether oxygens (including phenoxy) is 2. The smallest absolute Gasteiger partial charge is 0.225 e. The van der Waals surface area contributed by atoms with Crippen molar-refractivity contribution in [3.8, 4) is 0 Å². The largest absolute Gasteiger partial charge is 0.373 e. The topological polar surface area (TPSA) is 47.6 Å². The van der Waals surface area contributed by atoms with Crippen LogP contribution >= 0.6 is 0 Å². The summed E-state index contributed by atoms with van der Waals surface area (Å²) >= 11 is 0. The number of carbonyl (C=O) groups excluding carboxylic acids is 1. The van der Waals surface area contributed by atoms with Crippen LogP contribution in [0.5, 0.6) is 0 Å². The Morgan fingerprint density at radius 2 is 1.76 bits per heavy atom. The van der Waals surface area contributed by atoms with E-state index in [1.807, 2.05) is 20.8 Å². The second-order valence-electron chi connectivity index (χ2n) is 6.05. The second kappa shape index (κ2) is 4.94. The molecule has 0 aromatic carbocycles. The molecular weight excluding hydrogens is 218 g/mol. The molecule has 98 valence electrons.